The van der Waals surface area contributed by atoms with E-state index in [0.717, 1.165) is 10.2 Å². The molecular formula is C17H14N2O3. The van der Waals surface area contributed by atoms with E-state index in [1.54, 1.807) is 24.3 Å². The van der Waals surface area contributed by atoms with E-state index in [2.05, 4.69) is 5.10 Å². The highest BCUT2D eigenvalue weighted by atomic mass is 16.4. The average molecular weight is 294 g/mol. The van der Waals surface area contributed by atoms with Gasteiger partial charge in [0.25, 0.3) is 0 Å². The van der Waals surface area contributed by atoms with E-state index in [1.165, 1.54) is 0 Å². The van der Waals surface area contributed by atoms with Gasteiger partial charge in [-0.1, -0.05) is 60.7 Å². The molecule has 110 valence electrons. The van der Waals surface area contributed by atoms with Gasteiger partial charge >= 0.3 is 5.76 Å². The van der Waals surface area contributed by atoms with Crippen molar-refractivity contribution in [1.82, 2.24) is 9.78 Å². The van der Waals surface area contributed by atoms with Crippen molar-refractivity contribution < 1.29 is 9.21 Å². The topological polar surface area (TPSA) is 65.1 Å². The summed E-state index contributed by atoms with van der Waals surface area (Å²) in [5.74, 6) is -0.491. The smallest absolute Gasteiger partial charge is 0.392 e. The fourth-order valence-electron chi connectivity index (χ4n) is 2.14. The molecule has 0 saturated heterocycles. The molecule has 0 atom stereocenters. The Kier molecular flexibility index (Phi) is 3.96. The number of hydrogen-bond acceptors (Lipinski definition) is 4. The summed E-state index contributed by atoms with van der Waals surface area (Å²) >= 11 is 0. The molecule has 1 heterocycles. The second-order valence-corrected chi connectivity index (χ2v) is 4.87. The first kappa shape index (κ1) is 14.0. The molecule has 2 aromatic carbocycles. The van der Waals surface area contributed by atoms with E-state index in [4.69, 9.17) is 4.42 Å². The van der Waals surface area contributed by atoms with Crippen LogP contribution in [0, 0.1) is 0 Å². The molecule has 0 aliphatic carbocycles. The number of aromatic nitrogens is 2. The molecule has 1 aromatic heterocycles. The van der Waals surface area contributed by atoms with Crippen LogP contribution >= 0.6 is 0 Å². The number of rotatable bonds is 5. The molecule has 3 rings (SSSR count). The molecule has 0 amide bonds. The fourth-order valence-corrected chi connectivity index (χ4v) is 2.14. The van der Waals surface area contributed by atoms with Crippen molar-refractivity contribution in [1.29, 1.82) is 0 Å². The standard InChI is InChI=1S/C17H14N2O3/c20-15(14-9-5-2-6-10-14)12-19-17(21)22-16(18-19)11-13-7-3-1-4-8-13/h1-10H,11-12H2. The molecule has 0 aliphatic rings. The molecule has 22 heavy (non-hydrogen) atoms. The first-order valence-electron chi connectivity index (χ1n) is 6.91. The number of hydrogen-bond donors (Lipinski definition) is 0. The first-order valence-corrected chi connectivity index (χ1v) is 6.91. The highest BCUT2D eigenvalue weighted by molar-refractivity contribution is 5.95. The predicted octanol–water partition coefficient (Wildman–Crippen LogP) is 2.31. The van der Waals surface area contributed by atoms with Crippen molar-refractivity contribution in [3.8, 4) is 0 Å². The number of ketones is 1. The highest BCUT2D eigenvalue weighted by Crippen LogP contribution is 2.06. The van der Waals surface area contributed by atoms with E-state index in [9.17, 15) is 9.59 Å². The zero-order valence-corrected chi connectivity index (χ0v) is 11.8. The maximum atomic E-state index is 12.1. The second-order valence-electron chi connectivity index (χ2n) is 4.87. The lowest BCUT2D eigenvalue weighted by Crippen LogP contribution is -2.21. The van der Waals surface area contributed by atoms with Gasteiger partial charge in [0.1, 0.15) is 6.54 Å². The minimum absolute atomic E-state index is 0.124. The van der Waals surface area contributed by atoms with E-state index in [-0.39, 0.29) is 12.3 Å². The number of nitrogens with zero attached hydrogens (tertiary/aromatic N) is 2. The van der Waals surface area contributed by atoms with Gasteiger partial charge in [-0.15, -0.1) is 5.10 Å². The van der Waals surface area contributed by atoms with Gasteiger partial charge in [0.2, 0.25) is 5.89 Å². The Bertz CT molecular complexity index is 820. The van der Waals surface area contributed by atoms with Crippen LogP contribution in [-0.2, 0) is 13.0 Å². The second kappa shape index (κ2) is 6.22. The van der Waals surface area contributed by atoms with E-state index < -0.39 is 5.76 Å². The molecule has 0 unspecified atom stereocenters. The van der Waals surface area contributed by atoms with Crippen LogP contribution in [0.15, 0.2) is 69.9 Å². The summed E-state index contributed by atoms with van der Waals surface area (Å²) in [6.07, 6.45) is 0.419. The van der Waals surface area contributed by atoms with Gasteiger partial charge in [0, 0.05) is 5.56 Å². The van der Waals surface area contributed by atoms with Gasteiger partial charge in [-0.2, -0.15) is 4.68 Å². The summed E-state index contributed by atoms with van der Waals surface area (Å²) in [6.45, 7) is -0.124. The molecule has 5 heteroatoms. The van der Waals surface area contributed by atoms with E-state index in [1.807, 2.05) is 36.4 Å². The Morgan fingerprint density at radius 3 is 2.32 bits per heavy atom. The molecule has 0 saturated carbocycles. The molecule has 0 radical (unpaired) electrons. The Morgan fingerprint density at radius 1 is 1.00 bits per heavy atom. The third-order valence-corrected chi connectivity index (χ3v) is 3.24. The van der Waals surface area contributed by atoms with Gasteiger partial charge in [-0.25, -0.2) is 4.79 Å². The first-order chi connectivity index (χ1) is 10.7. The van der Waals surface area contributed by atoms with Crippen LogP contribution in [0.1, 0.15) is 21.8 Å². The van der Waals surface area contributed by atoms with Gasteiger partial charge in [-0.3, -0.25) is 4.79 Å². The lowest BCUT2D eigenvalue weighted by molar-refractivity contribution is 0.0965. The van der Waals surface area contributed by atoms with Crippen molar-refractivity contribution in [3.05, 3.63) is 88.2 Å². The lowest BCUT2D eigenvalue weighted by Gasteiger charge is -1.99. The zero-order chi connectivity index (χ0) is 15.4. The number of Topliss-reactive ketones (excluding diaryl/α,β-unsaturated/α-hetero) is 1. The van der Waals surface area contributed by atoms with Crippen molar-refractivity contribution in [2.24, 2.45) is 0 Å². The monoisotopic (exact) mass is 294 g/mol. The maximum Gasteiger partial charge on any atom is 0.437 e. The summed E-state index contributed by atoms with van der Waals surface area (Å²) in [5, 5.41) is 4.09. The summed E-state index contributed by atoms with van der Waals surface area (Å²) in [4.78, 5) is 23.9. The van der Waals surface area contributed by atoms with Crippen molar-refractivity contribution in [2.45, 2.75) is 13.0 Å². The van der Waals surface area contributed by atoms with Gasteiger partial charge < -0.3 is 4.42 Å². The Labute approximate surface area is 126 Å². The van der Waals surface area contributed by atoms with Crippen LogP contribution in [-0.4, -0.2) is 15.6 Å². The van der Waals surface area contributed by atoms with Crippen molar-refractivity contribution in [2.75, 3.05) is 0 Å². The largest absolute Gasteiger partial charge is 0.437 e. The Morgan fingerprint density at radius 2 is 1.64 bits per heavy atom. The SMILES string of the molecule is O=C(Cn1nc(Cc2ccccc2)oc1=O)c1ccccc1. The third kappa shape index (κ3) is 3.20. The molecule has 5 nitrogen and oxygen atoms in total. The quantitative estimate of drug-likeness (QED) is 0.677. The van der Waals surface area contributed by atoms with Crippen LogP contribution in [0.4, 0.5) is 0 Å². The van der Waals surface area contributed by atoms with Crippen LogP contribution in [0.3, 0.4) is 0 Å². The Balaban J connectivity index is 1.76. The number of benzene rings is 2. The Hall–Kier alpha value is -2.95. The zero-order valence-electron chi connectivity index (χ0n) is 11.8. The van der Waals surface area contributed by atoms with Crippen LogP contribution in [0.2, 0.25) is 0 Å². The van der Waals surface area contributed by atoms with Crippen LogP contribution in [0.5, 0.6) is 0 Å². The number of carbonyl (C=O) groups excluding carboxylic acids is 1. The van der Waals surface area contributed by atoms with E-state index in [0.29, 0.717) is 17.9 Å². The summed E-state index contributed by atoms with van der Waals surface area (Å²) in [5.41, 5.74) is 1.53. The fraction of sp³-hybridized carbons (Fsp3) is 0.118. The minimum atomic E-state index is -0.616. The molecule has 0 spiro atoms. The highest BCUT2D eigenvalue weighted by Gasteiger charge is 2.13. The van der Waals surface area contributed by atoms with Gasteiger partial charge in [0.05, 0.1) is 6.42 Å². The summed E-state index contributed by atoms with van der Waals surface area (Å²) in [7, 11) is 0. The molecule has 0 bridgehead atoms. The molecular weight excluding hydrogens is 280 g/mol. The molecule has 0 aliphatic heterocycles. The van der Waals surface area contributed by atoms with Crippen LogP contribution in [0.25, 0.3) is 0 Å². The van der Waals surface area contributed by atoms with Crippen molar-refractivity contribution >= 4 is 5.78 Å². The van der Waals surface area contributed by atoms with E-state index >= 15 is 0 Å². The molecule has 0 N–H and O–H groups in total. The summed E-state index contributed by atoms with van der Waals surface area (Å²) < 4.78 is 6.16. The average Bonchev–Trinajstić information content (AvgIpc) is 2.88. The molecule has 0 fully saturated rings. The van der Waals surface area contributed by atoms with Crippen LogP contribution < -0.4 is 5.76 Å². The van der Waals surface area contributed by atoms with Gasteiger partial charge in [0.15, 0.2) is 5.78 Å². The van der Waals surface area contributed by atoms with Crippen molar-refractivity contribution in [3.63, 3.8) is 0 Å². The minimum Gasteiger partial charge on any atom is -0.392 e. The van der Waals surface area contributed by atoms with Gasteiger partial charge in [-0.05, 0) is 5.56 Å². The maximum absolute atomic E-state index is 12.1. The summed E-state index contributed by atoms with van der Waals surface area (Å²) in [6, 6.07) is 18.4. The normalized spacial score (nSPS) is 10.5. The third-order valence-electron chi connectivity index (χ3n) is 3.24. The predicted molar refractivity (Wildman–Crippen MR) is 80.8 cm³/mol. The lowest BCUT2D eigenvalue weighted by atomic mass is 10.1. The molecule has 3 aromatic rings. The number of carbonyl (C=O) groups is 1.